The van der Waals surface area contributed by atoms with E-state index in [1.807, 2.05) is 48.7 Å². The predicted molar refractivity (Wildman–Crippen MR) is 110 cm³/mol. The fourth-order valence-corrected chi connectivity index (χ4v) is 4.12. The number of urea groups is 1. The highest BCUT2D eigenvalue weighted by molar-refractivity contribution is 7.98. The molecule has 1 heterocycles. The molecule has 27 heavy (non-hydrogen) atoms. The van der Waals surface area contributed by atoms with Crippen LogP contribution in [0.2, 0.25) is 0 Å². The van der Waals surface area contributed by atoms with Crippen LogP contribution in [0.3, 0.4) is 0 Å². The van der Waals surface area contributed by atoms with Crippen LogP contribution in [0.5, 0.6) is 0 Å². The van der Waals surface area contributed by atoms with Crippen LogP contribution < -0.4 is 5.32 Å². The summed E-state index contributed by atoms with van der Waals surface area (Å²) in [5, 5.41) is 2.99. The second-order valence-corrected chi connectivity index (χ2v) is 7.67. The van der Waals surface area contributed by atoms with Gasteiger partial charge in [-0.3, -0.25) is 4.79 Å². The van der Waals surface area contributed by atoms with E-state index in [-0.39, 0.29) is 17.7 Å². The van der Waals surface area contributed by atoms with Gasteiger partial charge in [-0.2, -0.15) is 0 Å². The summed E-state index contributed by atoms with van der Waals surface area (Å²) < 4.78 is 0. The van der Waals surface area contributed by atoms with Crippen LogP contribution in [-0.2, 0) is 6.42 Å². The molecule has 2 aromatic carbocycles. The number of rotatable bonds is 6. The fourth-order valence-electron chi connectivity index (χ4n) is 3.51. The number of likely N-dealkylation sites (tertiary alicyclic amines) is 1. The molecular weight excluding hydrogens is 356 g/mol. The lowest BCUT2D eigenvalue weighted by Gasteiger charge is -2.32. The van der Waals surface area contributed by atoms with E-state index in [2.05, 4.69) is 17.4 Å². The average molecular weight is 383 g/mol. The molecular formula is C22H26N2O2S. The third-order valence-corrected chi connectivity index (χ3v) is 5.78. The lowest BCUT2D eigenvalue weighted by Crippen LogP contribution is -2.47. The van der Waals surface area contributed by atoms with E-state index in [9.17, 15) is 9.59 Å². The maximum Gasteiger partial charge on any atom is 0.317 e. The SMILES string of the molecule is CSc1ccccc1C(=O)[C@@H]1CCCN(C(=O)NCCc2ccccc2)C1. The van der Waals surface area contributed by atoms with Gasteiger partial charge in [0, 0.05) is 36.0 Å². The Morgan fingerprint density at radius 2 is 1.85 bits per heavy atom. The number of amides is 2. The molecule has 0 unspecified atom stereocenters. The molecule has 0 saturated carbocycles. The number of benzene rings is 2. The van der Waals surface area contributed by atoms with Gasteiger partial charge in [0.15, 0.2) is 5.78 Å². The molecule has 0 radical (unpaired) electrons. The van der Waals surface area contributed by atoms with Crippen LogP contribution in [0.1, 0.15) is 28.8 Å². The zero-order chi connectivity index (χ0) is 19.1. The van der Waals surface area contributed by atoms with E-state index >= 15 is 0 Å². The summed E-state index contributed by atoms with van der Waals surface area (Å²) in [6.07, 6.45) is 4.50. The van der Waals surface area contributed by atoms with Crippen molar-refractivity contribution in [3.05, 3.63) is 65.7 Å². The van der Waals surface area contributed by atoms with E-state index in [0.717, 1.165) is 29.7 Å². The molecule has 0 aliphatic carbocycles. The first-order chi connectivity index (χ1) is 13.2. The molecule has 1 saturated heterocycles. The Kier molecular flexibility index (Phi) is 6.93. The first kappa shape index (κ1) is 19.5. The summed E-state index contributed by atoms with van der Waals surface area (Å²) in [6, 6.07) is 17.8. The number of nitrogens with zero attached hydrogens (tertiary/aromatic N) is 1. The maximum atomic E-state index is 13.0. The second-order valence-electron chi connectivity index (χ2n) is 6.82. The van der Waals surface area contributed by atoms with Gasteiger partial charge in [-0.1, -0.05) is 48.5 Å². The molecule has 1 fully saturated rings. The highest BCUT2D eigenvalue weighted by atomic mass is 32.2. The Balaban J connectivity index is 1.55. The molecule has 0 aromatic heterocycles. The number of carbonyl (C=O) groups excluding carboxylic acids is 2. The van der Waals surface area contributed by atoms with Crippen molar-refractivity contribution in [3.8, 4) is 0 Å². The summed E-state index contributed by atoms with van der Waals surface area (Å²) in [7, 11) is 0. The monoisotopic (exact) mass is 382 g/mol. The molecule has 2 amide bonds. The highest BCUT2D eigenvalue weighted by Gasteiger charge is 2.29. The molecule has 5 heteroatoms. The van der Waals surface area contributed by atoms with Crippen LogP contribution in [0.25, 0.3) is 0 Å². The van der Waals surface area contributed by atoms with Crippen molar-refractivity contribution in [2.45, 2.75) is 24.2 Å². The zero-order valence-electron chi connectivity index (χ0n) is 15.7. The van der Waals surface area contributed by atoms with Gasteiger partial charge in [0.2, 0.25) is 0 Å². The number of hydrogen-bond acceptors (Lipinski definition) is 3. The molecule has 0 spiro atoms. The van der Waals surface area contributed by atoms with Crippen molar-refractivity contribution in [1.82, 2.24) is 10.2 Å². The Morgan fingerprint density at radius 3 is 2.63 bits per heavy atom. The first-order valence-electron chi connectivity index (χ1n) is 9.43. The van der Waals surface area contributed by atoms with Crippen molar-refractivity contribution < 1.29 is 9.59 Å². The lowest BCUT2D eigenvalue weighted by atomic mass is 9.90. The third kappa shape index (κ3) is 5.13. The van der Waals surface area contributed by atoms with Gasteiger partial charge in [-0.05, 0) is 37.1 Å². The second kappa shape index (κ2) is 9.60. The van der Waals surface area contributed by atoms with Gasteiger partial charge in [-0.25, -0.2) is 4.79 Å². The van der Waals surface area contributed by atoms with Crippen LogP contribution in [0.4, 0.5) is 4.79 Å². The van der Waals surface area contributed by atoms with Crippen molar-refractivity contribution in [2.24, 2.45) is 5.92 Å². The topological polar surface area (TPSA) is 49.4 Å². The standard InChI is InChI=1S/C22H26N2O2S/c1-27-20-12-6-5-11-19(20)21(25)18-10-7-15-24(16-18)22(26)23-14-13-17-8-3-2-4-9-17/h2-6,8-9,11-12,18H,7,10,13-16H2,1H3,(H,23,26)/t18-/m1/s1. The van der Waals surface area contributed by atoms with Gasteiger partial charge < -0.3 is 10.2 Å². The smallest absolute Gasteiger partial charge is 0.317 e. The third-order valence-electron chi connectivity index (χ3n) is 4.98. The summed E-state index contributed by atoms with van der Waals surface area (Å²) in [4.78, 5) is 28.3. The Labute approximate surface area is 165 Å². The van der Waals surface area contributed by atoms with Gasteiger partial charge in [0.1, 0.15) is 0 Å². The molecule has 0 bridgehead atoms. The van der Waals surface area contributed by atoms with Gasteiger partial charge in [0.25, 0.3) is 0 Å². The molecule has 3 rings (SSSR count). The quantitative estimate of drug-likeness (QED) is 0.600. The number of ketones is 1. The normalized spacial score (nSPS) is 16.8. The van der Waals surface area contributed by atoms with Crippen molar-refractivity contribution in [1.29, 1.82) is 0 Å². The van der Waals surface area contributed by atoms with Gasteiger partial charge >= 0.3 is 6.03 Å². The minimum absolute atomic E-state index is 0.0680. The van der Waals surface area contributed by atoms with Gasteiger partial charge in [-0.15, -0.1) is 11.8 Å². The van der Waals surface area contributed by atoms with Crippen LogP contribution >= 0.6 is 11.8 Å². The maximum absolute atomic E-state index is 13.0. The van der Waals surface area contributed by atoms with Crippen molar-refractivity contribution in [3.63, 3.8) is 0 Å². The van der Waals surface area contributed by atoms with Crippen molar-refractivity contribution in [2.75, 3.05) is 25.9 Å². The molecule has 1 aliphatic rings. The molecule has 142 valence electrons. The summed E-state index contributed by atoms with van der Waals surface area (Å²) >= 11 is 1.59. The van der Waals surface area contributed by atoms with E-state index in [4.69, 9.17) is 0 Å². The molecule has 2 aromatic rings. The van der Waals surface area contributed by atoms with E-state index < -0.39 is 0 Å². The van der Waals surface area contributed by atoms with Gasteiger partial charge in [0.05, 0.1) is 0 Å². The number of thioether (sulfide) groups is 1. The summed E-state index contributed by atoms with van der Waals surface area (Å²) in [5.74, 6) is 0.0358. The average Bonchev–Trinajstić information content (AvgIpc) is 2.74. The molecule has 1 atom stereocenters. The summed E-state index contributed by atoms with van der Waals surface area (Å²) in [5.41, 5.74) is 1.99. The molecule has 1 aliphatic heterocycles. The zero-order valence-corrected chi connectivity index (χ0v) is 16.5. The highest BCUT2D eigenvalue weighted by Crippen LogP contribution is 2.26. The largest absolute Gasteiger partial charge is 0.338 e. The lowest BCUT2D eigenvalue weighted by molar-refractivity contribution is 0.0843. The summed E-state index contributed by atoms with van der Waals surface area (Å²) in [6.45, 7) is 1.82. The minimum Gasteiger partial charge on any atom is -0.338 e. The van der Waals surface area contributed by atoms with E-state index in [0.29, 0.717) is 19.6 Å². The Morgan fingerprint density at radius 1 is 1.11 bits per heavy atom. The number of hydrogen-bond donors (Lipinski definition) is 1. The van der Waals surface area contributed by atoms with Crippen LogP contribution in [0, 0.1) is 5.92 Å². The van der Waals surface area contributed by atoms with Crippen molar-refractivity contribution >= 4 is 23.6 Å². The number of piperidine rings is 1. The number of nitrogens with one attached hydrogen (secondary N) is 1. The number of carbonyl (C=O) groups is 2. The number of Topliss-reactive ketones (excluding diaryl/α,β-unsaturated/α-hetero) is 1. The minimum atomic E-state index is -0.119. The predicted octanol–water partition coefficient (Wildman–Crippen LogP) is 4.26. The van der Waals surface area contributed by atoms with Crippen LogP contribution in [0.15, 0.2) is 59.5 Å². The molecule has 4 nitrogen and oxygen atoms in total. The Bertz CT molecular complexity index is 779. The Hall–Kier alpha value is -2.27. The molecule has 1 N–H and O–H groups in total. The van der Waals surface area contributed by atoms with E-state index in [1.54, 1.807) is 16.7 Å². The fraction of sp³-hybridized carbons (Fsp3) is 0.364. The van der Waals surface area contributed by atoms with E-state index in [1.165, 1.54) is 5.56 Å². The van der Waals surface area contributed by atoms with Crippen LogP contribution in [-0.4, -0.2) is 42.6 Å². The first-order valence-corrected chi connectivity index (χ1v) is 10.7.